The zero-order chi connectivity index (χ0) is 9.30. The van der Waals surface area contributed by atoms with Crippen LogP contribution >= 0.6 is 11.6 Å². The normalized spacial score (nSPS) is 9.83. The molecule has 0 aliphatic rings. The van der Waals surface area contributed by atoms with E-state index in [1.807, 2.05) is 0 Å². The summed E-state index contributed by atoms with van der Waals surface area (Å²) in [5.41, 5.74) is 0.0596. The zero-order valence-electron chi connectivity index (χ0n) is 6.24. The Morgan fingerprint density at radius 2 is 2.17 bits per heavy atom. The van der Waals surface area contributed by atoms with Crippen LogP contribution in [0.1, 0.15) is 5.56 Å². The van der Waals surface area contributed by atoms with E-state index in [0.29, 0.717) is 5.56 Å². The van der Waals surface area contributed by atoms with Gasteiger partial charge in [-0.3, -0.25) is 10.1 Å². The number of halogens is 1. The van der Waals surface area contributed by atoms with Gasteiger partial charge in [0.15, 0.2) is 5.75 Å². The molecule has 1 aromatic carbocycles. The maximum absolute atomic E-state index is 10.4. The van der Waals surface area contributed by atoms with Crippen molar-refractivity contribution in [2.45, 2.75) is 6.92 Å². The van der Waals surface area contributed by atoms with Crippen molar-refractivity contribution in [3.8, 4) is 5.75 Å². The molecule has 4 nitrogen and oxygen atoms in total. The van der Waals surface area contributed by atoms with E-state index in [4.69, 9.17) is 16.7 Å². The number of phenols is 1. The van der Waals surface area contributed by atoms with Crippen molar-refractivity contribution in [2.24, 2.45) is 0 Å². The smallest absolute Gasteiger partial charge is 0.313 e. The van der Waals surface area contributed by atoms with Crippen molar-refractivity contribution in [2.75, 3.05) is 0 Å². The molecule has 0 saturated carbocycles. The minimum atomic E-state index is -0.638. The highest BCUT2D eigenvalue weighted by Gasteiger charge is 2.17. The Bertz CT molecular complexity index is 314. The minimum Gasteiger partial charge on any atom is -0.502 e. The standard InChI is InChI=1S/C7H6ClNO3/c1-4-2-5(8)3-6(10)7(4)9(11)12/h2-3,10H,1H3. The zero-order valence-corrected chi connectivity index (χ0v) is 7.00. The van der Waals surface area contributed by atoms with Crippen LogP contribution in [0.25, 0.3) is 0 Å². The Labute approximate surface area is 73.5 Å². The summed E-state index contributed by atoms with van der Waals surface area (Å²) in [4.78, 5) is 9.72. The van der Waals surface area contributed by atoms with Crippen LogP contribution in [0.5, 0.6) is 5.75 Å². The second-order valence-electron chi connectivity index (χ2n) is 2.35. The first kappa shape index (κ1) is 8.80. The van der Waals surface area contributed by atoms with Crippen LogP contribution in [0.4, 0.5) is 5.69 Å². The van der Waals surface area contributed by atoms with Crippen molar-refractivity contribution in [3.63, 3.8) is 0 Å². The Morgan fingerprint density at radius 1 is 1.58 bits per heavy atom. The molecule has 0 fully saturated rings. The molecule has 0 saturated heterocycles. The van der Waals surface area contributed by atoms with Crippen molar-refractivity contribution < 1.29 is 10.0 Å². The van der Waals surface area contributed by atoms with Gasteiger partial charge in [0.05, 0.1) is 4.92 Å². The summed E-state index contributed by atoms with van der Waals surface area (Å²) in [6.45, 7) is 1.52. The molecule has 1 rings (SSSR count). The summed E-state index contributed by atoms with van der Waals surface area (Å²) in [6, 6.07) is 2.58. The second kappa shape index (κ2) is 2.98. The van der Waals surface area contributed by atoms with E-state index in [-0.39, 0.29) is 10.7 Å². The van der Waals surface area contributed by atoms with Gasteiger partial charge in [-0.25, -0.2) is 0 Å². The summed E-state index contributed by atoms with van der Waals surface area (Å²) in [6.07, 6.45) is 0. The lowest BCUT2D eigenvalue weighted by Gasteiger charge is -1.99. The fraction of sp³-hybridized carbons (Fsp3) is 0.143. The van der Waals surface area contributed by atoms with Crippen molar-refractivity contribution >= 4 is 17.3 Å². The Balaban J connectivity index is 3.38. The van der Waals surface area contributed by atoms with Gasteiger partial charge in [-0.05, 0) is 13.0 Å². The van der Waals surface area contributed by atoms with Gasteiger partial charge in [0.1, 0.15) is 0 Å². The van der Waals surface area contributed by atoms with Gasteiger partial charge in [0.25, 0.3) is 0 Å². The van der Waals surface area contributed by atoms with Gasteiger partial charge in [-0.1, -0.05) is 11.6 Å². The maximum Gasteiger partial charge on any atom is 0.313 e. The van der Waals surface area contributed by atoms with E-state index in [1.54, 1.807) is 0 Å². The van der Waals surface area contributed by atoms with Crippen LogP contribution in [0.15, 0.2) is 12.1 Å². The monoisotopic (exact) mass is 187 g/mol. The first-order valence-corrected chi connectivity index (χ1v) is 3.53. The summed E-state index contributed by atoms with van der Waals surface area (Å²) >= 11 is 5.54. The molecule has 0 aliphatic carbocycles. The first-order valence-electron chi connectivity index (χ1n) is 3.16. The Hall–Kier alpha value is -1.29. The number of hydrogen-bond acceptors (Lipinski definition) is 3. The van der Waals surface area contributed by atoms with Gasteiger partial charge < -0.3 is 5.11 Å². The molecule has 64 valence electrons. The molecule has 0 atom stereocenters. The van der Waals surface area contributed by atoms with Crippen LogP contribution in [0.3, 0.4) is 0 Å². The number of hydrogen-bond donors (Lipinski definition) is 1. The van der Waals surface area contributed by atoms with Crippen LogP contribution in [-0.2, 0) is 0 Å². The fourth-order valence-electron chi connectivity index (χ4n) is 0.955. The largest absolute Gasteiger partial charge is 0.502 e. The Morgan fingerprint density at radius 3 is 2.58 bits per heavy atom. The molecule has 0 aromatic heterocycles. The lowest BCUT2D eigenvalue weighted by Crippen LogP contribution is -1.91. The molecule has 1 N–H and O–H groups in total. The van der Waals surface area contributed by atoms with Crippen molar-refractivity contribution in [1.82, 2.24) is 0 Å². The highest BCUT2D eigenvalue weighted by Crippen LogP contribution is 2.32. The van der Waals surface area contributed by atoms with Gasteiger partial charge >= 0.3 is 5.69 Å². The average Bonchev–Trinajstić information content (AvgIpc) is 1.82. The number of nitrogens with zero attached hydrogens (tertiary/aromatic N) is 1. The quantitative estimate of drug-likeness (QED) is 0.542. The van der Waals surface area contributed by atoms with E-state index < -0.39 is 10.7 Å². The van der Waals surface area contributed by atoms with Crippen LogP contribution in [-0.4, -0.2) is 10.0 Å². The number of benzene rings is 1. The maximum atomic E-state index is 10.4. The van der Waals surface area contributed by atoms with E-state index in [2.05, 4.69) is 0 Å². The summed E-state index contributed by atoms with van der Waals surface area (Å²) in [5.74, 6) is -0.398. The highest BCUT2D eigenvalue weighted by atomic mass is 35.5. The summed E-state index contributed by atoms with van der Waals surface area (Å²) in [5, 5.41) is 19.8. The number of nitro groups is 1. The average molecular weight is 188 g/mol. The van der Waals surface area contributed by atoms with Crippen molar-refractivity contribution in [1.29, 1.82) is 0 Å². The molecule has 0 amide bonds. The second-order valence-corrected chi connectivity index (χ2v) is 2.78. The lowest BCUT2D eigenvalue weighted by molar-refractivity contribution is -0.386. The number of nitro benzene ring substituents is 1. The minimum absolute atomic E-state index is 0.288. The number of phenolic OH excluding ortho intramolecular Hbond substituents is 1. The molecule has 0 heterocycles. The van der Waals surface area contributed by atoms with Crippen molar-refractivity contribution in [3.05, 3.63) is 32.8 Å². The first-order chi connectivity index (χ1) is 5.52. The molecule has 0 aliphatic heterocycles. The van der Waals surface area contributed by atoms with Crippen LogP contribution in [0, 0.1) is 17.0 Å². The summed E-state index contributed by atoms with van der Waals surface area (Å²) < 4.78 is 0. The third-order valence-electron chi connectivity index (χ3n) is 1.43. The molecular weight excluding hydrogens is 182 g/mol. The van der Waals surface area contributed by atoms with Crippen LogP contribution in [0.2, 0.25) is 5.02 Å². The van der Waals surface area contributed by atoms with Crippen LogP contribution < -0.4 is 0 Å². The van der Waals surface area contributed by atoms with E-state index in [1.165, 1.54) is 13.0 Å². The fourth-order valence-corrected chi connectivity index (χ4v) is 1.22. The molecular formula is C7H6ClNO3. The molecule has 0 spiro atoms. The van der Waals surface area contributed by atoms with Gasteiger partial charge in [-0.2, -0.15) is 0 Å². The number of aromatic hydroxyl groups is 1. The molecule has 0 bridgehead atoms. The Kier molecular flexibility index (Phi) is 2.19. The number of aryl methyl sites for hydroxylation is 1. The van der Waals surface area contributed by atoms with E-state index in [0.717, 1.165) is 6.07 Å². The lowest BCUT2D eigenvalue weighted by atomic mass is 10.2. The third kappa shape index (κ3) is 1.48. The topological polar surface area (TPSA) is 63.4 Å². The van der Waals surface area contributed by atoms with E-state index >= 15 is 0 Å². The van der Waals surface area contributed by atoms with Gasteiger partial charge in [-0.15, -0.1) is 0 Å². The number of rotatable bonds is 1. The highest BCUT2D eigenvalue weighted by molar-refractivity contribution is 6.30. The predicted octanol–water partition coefficient (Wildman–Crippen LogP) is 2.26. The molecule has 5 heteroatoms. The molecule has 0 unspecified atom stereocenters. The van der Waals surface area contributed by atoms with E-state index in [9.17, 15) is 10.1 Å². The third-order valence-corrected chi connectivity index (χ3v) is 1.65. The molecule has 0 radical (unpaired) electrons. The molecule has 12 heavy (non-hydrogen) atoms. The summed E-state index contributed by atoms with van der Waals surface area (Å²) in [7, 11) is 0. The van der Waals surface area contributed by atoms with Gasteiger partial charge in [0, 0.05) is 16.7 Å². The van der Waals surface area contributed by atoms with Gasteiger partial charge in [0.2, 0.25) is 0 Å². The predicted molar refractivity (Wildman–Crippen MR) is 44.5 cm³/mol. The SMILES string of the molecule is Cc1cc(Cl)cc(O)c1[N+](=O)[O-]. The molecule has 1 aromatic rings.